The van der Waals surface area contributed by atoms with Crippen molar-refractivity contribution in [1.82, 2.24) is 9.97 Å². The number of morpholine rings is 1. The van der Waals surface area contributed by atoms with Gasteiger partial charge in [-0.05, 0) is 15.9 Å². The van der Waals surface area contributed by atoms with Crippen LogP contribution in [0.4, 0.5) is 5.95 Å². The summed E-state index contributed by atoms with van der Waals surface area (Å²) in [5, 5.41) is 11.6. The second-order valence-electron chi connectivity index (χ2n) is 3.86. The molecule has 8 nitrogen and oxygen atoms in total. The van der Waals surface area contributed by atoms with E-state index in [1.165, 1.54) is 7.11 Å². The first-order valence-electron chi connectivity index (χ1n) is 5.56. The Labute approximate surface area is 118 Å². The molecule has 1 aliphatic heterocycles. The van der Waals surface area contributed by atoms with Crippen molar-refractivity contribution in [2.75, 3.05) is 31.7 Å². The highest BCUT2D eigenvalue weighted by molar-refractivity contribution is 9.10. The third kappa shape index (κ3) is 3.04. The maximum atomic E-state index is 8.67. The van der Waals surface area contributed by atoms with Crippen molar-refractivity contribution in [3.63, 3.8) is 0 Å². The Balaban J connectivity index is 2.17. The van der Waals surface area contributed by atoms with Crippen LogP contribution in [0.15, 0.2) is 15.8 Å². The van der Waals surface area contributed by atoms with Crippen molar-refractivity contribution >= 4 is 27.7 Å². The Morgan fingerprint density at radius 1 is 1.74 bits per heavy atom. The van der Waals surface area contributed by atoms with E-state index in [0.717, 1.165) is 0 Å². The van der Waals surface area contributed by atoms with Crippen molar-refractivity contribution < 1.29 is 14.7 Å². The second-order valence-corrected chi connectivity index (χ2v) is 4.71. The number of halogens is 1. The van der Waals surface area contributed by atoms with Gasteiger partial charge in [-0.25, -0.2) is 4.98 Å². The zero-order valence-corrected chi connectivity index (χ0v) is 11.9. The molecule has 1 unspecified atom stereocenters. The molecule has 1 atom stereocenters. The lowest BCUT2D eigenvalue weighted by Crippen LogP contribution is -2.49. The Hall–Kier alpha value is -1.61. The predicted molar refractivity (Wildman–Crippen MR) is 71.6 cm³/mol. The van der Waals surface area contributed by atoms with Crippen LogP contribution >= 0.6 is 15.9 Å². The summed E-state index contributed by atoms with van der Waals surface area (Å²) in [6.07, 6.45) is 1.15. The van der Waals surface area contributed by atoms with Gasteiger partial charge in [0.1, 0.15) is 6.10 Å². The molecule has 1 aromatic heterocycles. The van der Waals surface area contributed by atoms with E-state index in [9.17, 15) is 0 Å². The van der Waals surface area contributed by atoms with Gasteiger partial charge in [0.15, 0.2) is 5.84 Å². The summed E-state index contributed by atoms with van der Waals surface area (Å²) in [7, 11) is 1.54. The molecule has 19 heavy (non-hydrogen) atoms. The molecule has 0 radical (unpaired) electrons. The molecular formula is C10H14BrN5O3. The molecule has 1 aromatic rings. The molecule has 9 heteroatoms. The second kappa shape index (κ2) is 6.02. The molecule has 104 valence electrons. The van der Waals surface area contributed by atoms with Crippen LogP contribution in [-0.2, 0) is 4.74 Å². The van der Waals surface area contributed by atoms with Crippen molar-refractivity contribution in [2.45, 2.75) is 6.10 Å². The number of hydrogen-bond donors (Lipinski definition) is 2. The lowest BCUT2D eigenvalue weighted by atomic mass is 10.2. The van der Waals surface area contributed by atoms with E-state index in [4.69, 9.17) is 20.4 Å². The van der Waals surface area contributed by atoms with E-state index in [2.05, 4.69) is 31.1 Å². The SMILES string of the molecule is COc1nc(N2CCOC(C(N)=NO)C2)ncc1Br. The van der Waals surface area contributed by atoms with E-state index in [1.54, 1.807) is 6.20 Å². The summed E-state index contributed by atoms with van der Waals surface area (Å²) in [5.74, 6) is 1.00. The molecule has 1 saturated heterocycles. The highest BCUT2D eigenvalue weighted by Crippen LogP contribution is 2.24. The molecule has 3 N–H and O–H groups in total. The summed E-state index contributed by atoms with van der Waals surface area (Å²) in [5.41, 5.74) is 5.54. The topological polar surface area (TPSA) is 106 Å². The Kier molecular flexibility index (Phi) is 4.38. The number of oxime groups is 1. The molecule has 1 fully saturated rings. The molecule has 0 spiro atoms. The smallest absolute Gasteiger partial charge is 0.232 e. The first-order valence-corrected chi connectivity index (χ1v) is 6.35. The van der Waals surface area contributed by atoms with Crippen LogP contribution in [0.2, 0.25) is 0 Å². The number of methoxy groups -OCH3 is 1. The number of nitrogens with zero attached hydrogens (tertiary/aromatic N) is 4. The van der Waals surface area contributed by atoms with E-state index in [1.807, 2.05) is 4.90 Å². The molecule has 0 aliphatic carbocycles. The first-order chi connectivity index (χ1) is 9.15. The van der Waals surface area contributed by atoms with Crippen LogP contribution in [0, 0.1) is 0 Å². The fraction of sp³-hybridized carbons (Fsp3) is 0.500. The Morgan fingerprint density at radius 3 is 3.21 bits per heavy atom. The number of anilines is 1. The summed E-state index contributed by atoms with van der Waals surface area (Å²) in [4.78, 5) is 10.4. The van der Waals surface area contributed by atoms with Crippen molar-refractivity contribution in [2.24, 2.45) is 10.9 Å². The predicted octanol–water partition coefficient (Wildman–Crippen LogP) is 0.199. The van der Waals surface area contributed by atoms with Crippen molar-refractivity contribution in [1.29, 1.82) is 0 Å². The minimum absolute atomic E-state index is 0.0359. The Bertz CT molecular complexity index is 484. The molecule has 0 aromatic carbocycles. The van der Waals surface area contributed by atoms with E-state index in [0.29, 0.717) is 36.0 Å². The monoisotopic (exact) mass is 331 g/mol. The van der Waals surface area contributed by atoms with Crippen LogP contribution in [0.1, 0.15) is 0 Å². The van der Waals surface area contributed by atoms with Gasteiger partial charge in [-0.1, -0.05) is 5.16 Å². The van der Waals surface area contributed by atoms with Gasteiger partial charge in [0.25, 0.3) is 0 Å². The van der Waals surface area contributed by atoms with Crippen LogP contribution < -0.4 is 15.4 Å². The van der Waals surface area contributed by atoms with Crippen LogP contribution in [0.25, 0.3) is 0 Å². The highest BCUT2D eigenvalue weighted by Gasteiger charge is 2.26. The van der Waals surface area contributed by atoms with Gasteiger partial charge in [-0.2, -0.15) is 4.98 Å². The number of nitrogens with two attached hydrogens (primary N) is 1. The lowest BCUT2D eigenvalue weighted by Gasteiger charge is -2.32. The average molecular weight is 332 g/mol. The van der Waals surface area contributed by atoms with E-state index < -0.39 is 6.10 Å². The highest BCUT2D eigenvalue weighted by atomic mass is 79.9. The molecule has 0 saturated carbocycles. The van der Waals surface area contributed by atoms with Gasteiger partial charge >= 0.3 is 0 Å². The number of aromatic nitrogens is 2. The molecule has 0 amide bonds. The normalized spacial score (nSPS) is 20.4. The van der Waals surface area contributed by atoms with Gasteiger partial charge in [0, 0.05) is 6.54 Å². The van der Waals surface area contributed by atoms with Gasteiger partial charge in [0.05, 0.1) is 30.9 Å². The minimum atomic E-state index is -0.475. The van der Waals surface area contributed by atoms with Crippen LogP contribution in [0.3, 0.4) is 0 Å². The maximum absolute atomic E-state index is 8.67. The van der Waals surface area contributed by atoms with Gasteiger partial charge in [-0.15, -0.1) is 0 Å². The average Bonchev–Trinajstić information content (AvgIpc) is 2.47. The largest absolute Gasteiger partial charge is 0.480 e. The molecule has 1 aliphatic rings. The standard InChI is InChI=1S/C10H14BrN5O3/c1-18-9-6(11)4-13-10(14-9)16-2-3-19-7(5-16)8(12)15-17/h4,7,17H,2-3,5H2,1H3,(H2,12,15). The molecule has 0 bridgehead atoms. The third-order valence-corrected chi connectivity index (χ3v) is 3.23. The summed E-state index contributed by atoms with van der Waals surface area (Å²) in [6.45, 7) is 1.49. The molecule has 2 heterocycles. The maximum Gasteiger partial charge on any atom is 0.232 e. The van der Waals surface area contributed by atoms with Gasteiger partial charge < -0.3 is 25.3 Å². The first kappa shape index (κ1) is 13.8. The zero-order valence-electron chi connectivity index (χ0n) is 10.3. The Morgan fingerprint density at radius 2 is 2.53 bits per heavy atom. The summed E-state index contributed by atoms with van der Waals surface area (Å²) >= 11 is 3.30. The van der Waals surface area contributed by atoms with Crippen LogP contribution in [0.5, 0.6) is 5.88 Å². The summed E-state index contributed by atoms with van der Waals surface area (Å²) in [6, 6.07) is 0. The number of rotatable bonds is 3. The number of ether oxygens (including phenoxy) is 2. The van der Waals surface area contributed by atoms with Gasteiger partial charge in [-0.3, -0.25) is 0 Å². The zero-order chi connectivity index (χ0) is 13.8. The minimum Gasteiger partial charge on any atom is -0.480 e. The summed E-state index contributed by atoms with van der Waals surface area (Å²) < 4.78 is 11.2. The fourth-order valence-electron chi connectivity index (χ4n) is 1.71. The van der Waals surface area contributed by atoms with Crippen LogP contribution in [-0.4, -0.2) is 53.9 Å². The number of hydrogen-bond acceptors (Lipinski definition) is 7. The number of amidine groups is 1. The van der Waals surface area contributed by atoms with Crippen molar-refractivity contribution in [3.05, 3.63) is 10.7 Å². The van der Waals surface area contributed by atoms with E-state index >= 15 is 0 Å². The fourth-order valence-corrected chi connectivity index (χ4v) is 2.07. The quantitative estimate of drug-likeness (QED) is 0.352. The lowest BCUT2D eigenvalue weighted by molar-refractivity contribution is 0.0800. The molecule has 2 rings (SSSR count). The van der Waals surface area contributed by atoms with Gasteiger partial charge in [0.2, 0.25) is 11.8 Å². The van der Waals surface area contributed by atoms with Crippen molar-refractivity contribution in [3.8, 4) is 5.88 Å². The third-order valence-electron chi connectivity index (χ3n) is 2.69. The molecular weight excluding hydrogens is 318 g/mol. The van der Waals surface area contributed by atoms with E-state index in [-0.39, 0.29) is 5.84 Å².